The third-order valence-corrected chi connectivity index (χ3v) is 6.09. The van der Waals surface area contributed by atoms with Crippen molar-refractivity contribution in [1.82, 2.24) is 15.8 Å². The minimum absolute atomic E-state index is 0.00776. The maximum Gasteiger partial charge on any atom is 0.241 e. The molecule has 1 saturated heterocycles. The highest BCUT2D eigenvalue weighted by molar-refractivity contribution is 7.10. The highest BCUT2D eigenvalue weighted by atomic mass is 35.5. The van der Waals surface area contributed by atoms with Gasteiger partial charge in [0, 0.05) is 21.5 Å². The van der Waals surface area contributed by atoms with Gasteiger partial charge in [0.25, 0.3) is 0 Å². The first-order valence-corrected chi connectivity index (χ1v) is 9.67. The van der Waals surface area contributed by atoms with E-state index in [0.29, 0.717) is 17.0 Å². The van der Waals surface area contributed by atoms with Crippen LogP contribution in [0.25, 0.3) is 0 Å². The summed E-state index contributed by atoms with van der Waals surface area (Å²) in [6.45, 7) is 0.219. The Morgan fingerprint density at radius 2 is 2.12 bits per heavy atom. The second kappa shape index (κ2) is 7.03. The summed E-state index contributed by atoms with van der Waals surface area (Å²) in [4.78, 5) is 16.0. The van der Waals surface area contributed by atoms with Crippen LogP contribution in [0.1, 0.15) is 35.7 Å². The van der Waals surface area contributed by atoms with E-state index in [1.165, 1.54) is 10.9 Å². The molecule has 1 aliphatic carbocycles. The third kappa shape index (κ3) is 3.58. The van der Waals surface area contributed by atoms with Crippen molar-refractivity contribution in [1.29, 1.82) is 0 Å². The van der Waals surface area contributed by atoms with Crippen molar-refractivity contribution in [3.05, 3.63) is 57.0 Å². The molecule has 1 aliphatic heterocycles. The lowest BCUT2D eigenvalue weighted by Crippen LogP contribution is -2.46. The minimum Gasteiger partial charge on any atom is -0.334 e. The zero-order valence-electron chi connectivity index (χ0n) is 13.5. The van der Waals surface area contributed by atoms with E-state index in [1.807, 2.05) is 11.4 Å². The molecule has 1 aromatic carbocycles. The number of carbonyl (C=O) groups excluding carboxylic acids is 1. The number of thiophene rings is 1. The molecule has 2 fully saturated rings. The molecular weight excluding hydrogens is 361 g/mol. The van der Waals surface area contributed by atoms with Gasteiger partial charge in [0.2, 0.25) is 5.91 Å². The number of nitrogens with one attached hydrogen (secondary N) is 2. The van der Waals surface area contributed by atoms with Gasteiger partial charge in [0.15, 0.2) is 0 Å². The zero-order chi connectivity index (χ0) is 17.4. The summed E-state index contributed by atoms with van der Waals surface area (Å²) in [5.41, 5.74) is 6.71. The number of nitrogens with zero attached hydrogens (tertiary/aromatic N) is 1. The molecule has 25 heavy (non-hydrogen) atoms. The number of hydrogen-bond acceptors (Lipinski definition) is 4. The maximum atomic E-state index is 14.1. The van der Waals surface area contributed by atoms with Crippen molar-refractivity contribution in [2.75, 3.05) is 0 Å². The van der Waals surface area contributed by atoms with Gasteiger partial charge in [-0.05, 0) is 42.8 Å². The number of benzene rings is 1. The van der Waals surface area contributed by atoms with Gasteiger partial charge in [0.05, 0.1) is 12.6 Å². The fourth-order valence-corrected chi connectivity index (χ4v) is 4.23. The van der Waals surface area contributed by atoms with Crippen LogP contribution in [0.5, 0.6) is 0 Å². The molecule has 2 aliphatic rings. The Morgan fingerprint density at radius 3 is 2.80 bits per heavy atom. The van der Waals surface area contributed by atoms with E-state index in [4.69, 9.17) is 11.6 Å². The standard InChI is InChI=1S/C18H19ClFN3OS/c19-13-3-1-4-14(20)12(13)10-23(11-6-7-11)18(24)16-9-15(21-22-16)17-5-2-8-25-17/h1-5,8,11,15-16,21-22H,6-7,9-10H2. The van der Waals surface area contributed by atoms with Crippen LogP contribution in [0.3, 0.4) is 0 Å². The smallest absolute Gasteiger partial charge is 0.241 e. The monoisotopic (exact) mass is 379 g/mol. The van der Waals surface area contributed by atoms with Gasteiger partial charge in [0.1, 0.15) is 11.9 Å². The van der Waals surface area contributed by atoms with Crippen LogP contribution in [0.2, 0.25) is 5.02 Å². The Kier molecular flexibility index (Phi) is 4.78. The van der Waals surface area contributed by atoms with Crippen LogP contribution in [-0.4, -0.2) is 22.9 Å². The fourth-order valence-electron chi connectivity index (χ4n) is 3.22. The van der Waals surface area contributed by atoms with E-state index >= 15 is 0 Å². The van der Waals surface area contributed by atoms with Crippen molar-refractivity contribution in [3.8, 4) is 0 Å². The first-order chi connectivity index (χ1) is 12.1. The molecule has 2 aromatic rings. The number of halogens is 2. The first kappa shape index (κ1) is 17.0. The van der Waals surface area contributed by atoms with Crippen LogP contribution in [0.15, 0.2) is 35.7 Å². The first-order valence-electron chi connectivity index (χ1n) is 8.41. The summed E-state index contributed by atoms with van der Waals surface area (Å²) in [6.07, 6.45) is 2.62. The summed E-state index contributed by atoms with van der Waals surface area (Å²) in [5, 5.41) is 2.40. The summed E-state index contributed by atoms with van der Waals surface area (Å²) in [6, 6.07) is 8.72. The van der Waals surface area contributed by atoms with Gasteiger partial charge in [-0.3, -0.25) is 4.79 Å². The highest BCUT2D eigenvalue weighted by Crippen LogP contribution is 2.33. The molecule has 0 bridgehead atoms. The number of hydrogen-bond donors (Lipinski definition) is 2. The van der Waals surface area contributed by atoms with E-state index in [0.717, 1.165) is 12.8 Å². The van der Waals surface area contributed by atoms with Crippen molar-refractivity contribution in [3.63, 3.8) is 0 Å². The topological polar surface area (TPSA) is 44.4 Å². The highest BCUT2D eigenvalue weighted by Gasteiger charge is 2.39. The molecule has 1 aromatic heterocycles. The summed E-state index contributed by atoms with van der Waals surface area (Å²) < 4.78 is 14.1. The zero-order valence-corrected chi connectivity index (χ0v) is 15.1. The Balaban J connectivity index is 1.49. The molecule has 2 heterocycles. The molecule has 4 nitrogen and oxygen atoms in total. The molecule has 1 saturated carbocycles. The Labute approximate surface area is 154 Å². The Bertz CT molecular complexity index is 745. The Hall–Kier alpha value is -1.47. The molecule has 1 amide bonds. The van der Waals surface area contributed by atoms with Crippen molar-refractivity contribution >= 4 is 28.8 Å². The van der Waals surface area contributed by atoms with Crippen molar-refractivity contribution in [2.24, 2.45) is 0 Å². The molecule has 2 unspecified atom stereocenters. The van der Waals surface area contributed by atoms with Gasteiger partial charge in [-0.1, -0.05) is 23.7 Å². The van der Waals surface area contributed by atoms with Gasteiger partial charge in [-0.2, -0.15) is 0 Å². The average molecular weight is 380 g/mol. The molecule has 0 radical (unpaired) electrons. The van der Waals surface area contributed by atoms with E-state index in [-0.39, 0.29) is 36.4 Å². The quantitative estimate of drug-likeness (QED) is 0.833. The third-order valence-electron chi connectivity index (χ3n) is 4.75. The van der Waals surface area contributed by atoms with Crippen LogP contribution < -0.4 is 10.9 Å². The summed E-state index contributed by atoms with van der Waals surface area (Å²) in [5.74, 6) is -0.353. The molecule has 7 heteroatoms. The average Bonchev–Trinajstić information content (AvgIpc) is 3.10. The molecule has 4 rings (SSSR count). The molecule has 0 spiro atoms. The normalized spacial score (nSPS) is 23.0. The van der Waals surface area contributed by atoms with Crippen LogP contribution in [-0.2, 0) is 11.3 Å². The van der Waals surface area contributed by atoms with Gasteiger partial charge >= 0.3 is 0 Å². The van der Waals surface area contributed by atoms with Crippen LogP contribution in [0.4, 0.5) is 4.39 Å². The minimum atomic E-state index is -0.361. The second-order valence-electron chi connectivity index (χ2n) is 6.54. The number of hydrazine groups is 1. The maximum absolute atomic E-state index is 14.1. The Morgan fingerprint density at radius 1 is 1.28 bits per heavy atom. The van der Waals surface area contributed by atoms with E-state index < -0.39 is 0 Å². The van der Waals surface area contributed by atoms with E-state index in [1.54, 1.807) is 28.4 Å². The van der Waals surface area contributed by atoms with Gasteiger partial charge < -0.3 is 4.90 Å². The predicted molar refractivity (Wildman–Crippen MR) is 96.7 cm³/mol. The number of carbonyl (C=O) groups is 1. The van der Waals surface area contributed by atoms with Crippen LogP contribution in [0, 0.1) is 5.82 Å². The SMILES string of the molecule is O=C(C1CC(c2cccs2)NN1)N(Cc1c(F)cccc1Cl)C1CC1. The largest absolute Gasteiger partial charge is 0.334 e. The van der Waals surface area contributed by atoms with E-state index in [9.17, 15) is 9.18 Å². The molecular formula is C18H19ClFN3OS. The number of amides is 1. The fraction of sp³-hybridized carbons (Fsp3) is 0.389. The van der Waals surface area contributed by atoms with Crippen molar-refractivity contribution in [2.45, 2.75) is 43.9 Å². The lowest BCUT2D eigenvalue weighted by molar-refractivity contribution is -0.134. The van der Waals surface area contributed by atoms with Gasteiger partial charge in [-0.15, -0.1) is 11.3 Å². The lowest BCUT2D eigenvalue weighted by Gasteiger charge is -2.26. The summed E-state index contributed by atoms with van der Waals surface area (Å²) >= 11 is 7.82. The molecule has 2 atom stereocenters. The van der Waals surface area contributed by atoms with E-state index in [2.05, 4.69) is 16.9 Å². The number of rotatable bonds is 5. The van der Waals surface area contributed by atoms with Gasteiger partial charge in [-0.25, -0.2) is 15.2 Å². The summed E-state index contributed by atoms with van der Waals surface area (Å²) in [7, 11) is 0. The lowest BCUT2D eigenvalue weighted by atomic mass is 10.1. The molecule has 2 N–H and O–H groups in total. The molecule has 132 valence electrons. The second-order valence-corrected chi connectivity index (χ2v) is 7.93. The predicted octanol–water partition coefficient (Wildman–Crippen LogP) is 3.64. The van der Waals surface area contributed by atoms with Crippen molar-refractivity contribution < 1.29 is 9.18 Å². The van der Waals surface area contributed by atoms with Crippen LogP contribution >= 0.6 is 22.9 Å².